The van der Waals surface area contributed by atoms with E-state index in [2.05, 4.69) is 5.10 Å². The van der Waals surface area contributed by atoms with Crippen LogP contribution in [0.5, 0.6) is 5.75 Å². The maximum absolute atomic E-state index is 12.5. The number of fused-ring (bicyclic) bond motifs is 1. The Hall–Kier alpha value is -4.45. The molecule has 1 amide bonds. The molecule has 2 heterocycles. The van der Waals surface area contributed by atoms with Crippen LogP contribution < -0.4 is 4.74 Å². The molecule has 168 valence electrons. The standard InChI is InChI=1S/C28H23N3O3/c1-19(32)31-28(34-27(30-31)17-16-21-12-6-9-15-26(21)33-2)23-18-25(20-10-4-3-5-11-20)29-24-14-8-7-13-22(23)24/h3-18,28H,1-2H3/b17-16+. The fraction of sp³-hybridized carbons (Fsp3) is 0.107. The second kappa shape index (κ2) is 9.19. The lowest BCUT2D eigenvalue weighted by atomic mass is 10.0. The van der Waals surface area contributed by atoms with Gasteiger partial charge < -0.3 is 9.47 Å². The minimum atomic E-state index is -0.704. The van der Waals surface area contributed by atoms with Gasteiger partial charge in [-0.2, -0.15) is 5.01 Å². The van der Waals surface area contributed by atoms with Gasteiger partial charge in [-0.15, -0.1) is 5.10 Å². The number of rotatable bonds is 5. The Balaban J connectivity index is 1.55. The Kier molecular flexibility index (Phi) is 5.79. The summed E-state index contributed by atoms with van der Waals surface area (Å²) < 4.78 is 11.6. The second-order valence-electron chi connectivity index (χ2n) is 7.83. The molecule has 0 spiro atoms. The maximum Gasteiger partial charge on any atom is 0.243 e. The first-order chi connectivity index (χ1) is 16.6. The smallest absolute Gasteiger partial charge is 0.243 e. The number of aromatic nitrogens is 1. The van der Waals surface area contributed by atoms with E-state index in [1.165, 1.54) is 11.9 Å². The van der Waals surface area contributed by atoms with E-state index in [1.807, 2.05) is 91.0 Å². The molecule has 0 saturated heterocycles. The van der Waals surface area contributed by atoms with Crippen molar-refractivity contribution in [2.45, 2.75) is 13.2 Å². The van der Waals surface area contributed by atoms with Crippen molar-refractivity contribution in [3.05, 3.63) is 102 Å². The number of hydrazone groups is 1. The Morgan fingerprint density at radius 1 is 0.971 bits per heavy atom. The fourth-order valence-corrected chi connectivity index (χ4v) is 3.98. The number of hydrogen-bond donors (Lipinski definition) is 0. The highest BCUT2D eigenvalue weighted by molar-refractivity contribution is 5.95. The summed E-state index contributed by atoms with van der Waals surface area (Å²) in [6.45, 7) is 1.48. The van der Waals surface area contributed by atoms with Gasteiger partial charge >= 0.3 is 0 Å². The molecular weight excluding hydrogens is 426 g/mol. The fourth-order valence-electron chi connectivity index (χ4n) is 3.98. The highest BCUT2D eigenvalue weighted by Crippen LogP contribution is 2.35. The van der Waals surface area contributed by atoms with Crippen LogP contribution in [0.4, 0.5) is 0 Å². The molecule has 1 aromatic heterocycles. The maximum atomic E-state index is 12.5. The van der Waals surface area contributed by atoms with Crippen LogP contribution in [-0.4, -0.2) is 28.9 Å². The Morgan fingerprint density at radius 3 is 2.50 bits per heavy atom. The number of nitrogens with zero attached hydrogens (tertiary/aromatic N) is 3. The second-order valence-corrected chi connectivity index (χ2v) is 7.83. The molecule has 4 aromatic rings. The van der Waals surface area contributed by atoms with Crippen LogP contribution in [0.2, 0.25) is 0 Å². The van der Waals surface area contributed by atoms with E-state index >= 15 is 0 Å². The first-order valence-corrected chi connectivity index (χ1v) is 11.0. The average molecular weight is 450 g/mol. The normalized spacial score (nSPS) is 15.4. The predicted molar refractivity (Wildman–Crippen MR) is 133 cm³/mol. The van der Waals surface area contributed by atoms with Crippen molar-refractivity contribution < 1.29 is 14.3 Å². The van der Waals surface area contributed by atoms with Crippen molar-refractivity contribution >= 4 is 28.8 Å². The molecule has 6 nitrogen and oxygen atoms in total. The van der Waals surface area contributed by atoms with Gasteiger partial charge in [0.15, 0.2) is 0 Å². The number of carbonyl (C=O) groups excluding carboxylic acids is 1. The van der Waals surface area contributed by atoms with Crippen molar-refractivity contribution in [2.75, 3.05) is 7.11 Å². The first kappa shape index (κ1) is 21.4. The summed E-state index contributed by atoms with van der Waals surface area (Å²) in [6, 6.07) is 27.4. The number of ether oxygens (including phenoxy) is 2. The van der Waals surface area contributed by atoms with Crippen molar-refractivity contribution in [3.63, 3.8) is 0 Å². The summed E-state index contributed by atoms with van der Waals surface area (Å²) >= 11 is 0. The minimum absolute atomic E-state index is 0.215. The summed E-state index contributed by atoms with van der Waals surface area (Å²) in [6.07, 6.45) is 2.90. The van der Waals surface area contributed by atoms with Gasteiger partial charge in [0.05, 0.1) is 18.3 Å². The third-order valence-corrected chi connectivity index (χ3v) is 5.61. The lowest BCUT2D eigenvalue weighted by molar-refractivity contribution is -0.135. The predicted octanol–water partition coefficient (Wildman–Crippen LogP) is 5.81. The zero-order chi connectivity index (χ0) is 23.5. The molecule has 0 saturated carbocycles. The highest BCUT2D eigenvalue weighted by atomic mass is 16.5. The molecular formula is C28H23N3O3. The summed E-state index contributed by atoms with van der Waals surface area (Å²) in [5.74, 6) is 0.867. The summed E-state index contributed by atoms with van der Waals surface area (Å²) in [5, 5.41) is 6.73. The van der Waals surface area contributed by atoms with Crippen molar-refractivity contribution in [1.82, 2.24) is 9.99 Å². The van der Waals surface area contributed by atoms with E-state index in [0.29, 0.717) is 5.90 Å². The Labute approximate surface area is 197 Å². The van der Waals surface area contributed by atoms with Crippen molar-refractivity contribution in [2.24, 2.45) is 5.10 Å². The molecule has 0 aliphatic carbocycles. The summed E-state index contributed by atoms with van der Waals surface area (Å²) in [5.41, 5.74) is 4.32. The topological polar surface area (TPSA) is 64.0 Å². The molecule has 5 rings (SSSR count). The van der Waals surface area contributed by atoms with Gasteiger partial charge in [-0.3, -0.25) is 4.79 Å². The first-order valence-electron chi connectivity index (χ1n) is 11.0. The molecule has 0 N–H and O–H groups in total. The zero-order valence-corrected chi connectivity index (χ0v) is 18.9. The molecule has 1 atom stereocenters. The van der Waals surface area contributed by atoms with Gasteiger partial charge in [0.1, 0.15) is 5.75 Å². The molecule has 1 aliphatic rings. The van der Waals surface area contributed by atoms with Crippen LogP contribution in [0.25, 0.3) is 28.2 Å². The number of benzene rings is 3. The molecule has 6 heteroatoms. The minimum Gasteiger partial charge on any atom is -0.496 e. The van der Waals surface area contributed by atoms with Crippen molar-refractivity contribution in [3.8, 4) is 17.0 Å². The van der Waals surface area contributed by atoms with E-state index in [1.54, 1.807) is 13.2 Å². The highest BCUT2D eigenvalue weighted by Gasteiger charge is 2.33. The third kappa shape index (κ3) is 4.13. The van der Waals surface area contributed by atoms with Crippen LogP contribution in [0.3, 0.4) is 0 Å². The number of methoxy groups -OCH3 is 1. The number of carbonyl (C=O) groups is 1. The molecule has 34 heavy (non-hydrogen) atoms. The van der Waals surface area contributed by atoms with Crippen LogP contribution in [0.1, 0.15) is 24.3 Å². The van der Waals surface area contributed by atoms with Crippen LogP contribution >= 0.6 is 0 Å². The molecule has 1 unspecified atom stereocenters. The quantitative estimate of drug-likeness (QED) is 0.385. The Morgan fingerprint density at radius 2 is 1.71 bits per heavy atom. The molecule has 1 aliphatic heterocycles. The monoisotopic (exact) mass is 449 g/mol. The molecule has 0 fully saturated rings. The van der Waals surface area contributed by atoms with Gasteiger partial charge in [-0.25, -0.2) is 4.98 Å². The van der Waals surface area contributed by atoms with E-state index in [9.17, 15) is 4.79 Å². The van der Waals surface area contributed by atoms with Gasteiger partial charge in [0.2, 0.25) is 18.0 Å². The number of hydrogen-bond acceptors (Lipinski definition) is 5. The largest absolute Gasteiger partial charge is 0.496 e. The average Bonchev–Trinajstić information content (AvgIpc) is 3.32. The van der Waals surface area contributed by atoms with Gasteiger partial charge in [-0.05, 0) is 24.3 Å². The number of amides is 1. The van der Waals surface area contributed by atoms with E-state index < -0.39 is 6.23 Å². The molecule has 0 radical (unpaired) electrons. The lowest BCUT2D eigenvalue weighted by Crippen LogP contribution is -2.25. The molecule has 0 bridgehead atoms. The third-order valence-electron chi connectivity index (χ3n) is 5.61. The molecule has 3 aromatic carbocycles. The van der Waals surface area contributed by atoms with E-state index in [0.717, 1.165) is 39.0 Å². The number of para-hydroxylation sites is 2. The van der Waals surface area contributed by atoms with E-state index in [4.69, 9.17) is 14.5 Å². The van der Waals surface area contributed by atoms with Crippen LogP contribution in [0, 0.1) is 0 Å². The zero-order valence-electron chi connectivity index (χ0n) is 18.9. The Bertz CT molecular complexity index is 1410. The van der Waals surface area contributed by atoms with Crippen LogP contribution in [0.15, 0.2) is 96.1 Å². The van der Waals surface area contributed by atoms with Crippen LogP contribution in [-0.2, 0) is 9.53 Å². The SMILES string of the molecule is COc1ccccc1/C=C/C1=NN(C(C)=O)C(c2cc(-c3ccccc3)nc3ccccc23)O1. The van der Waals surface area contributed by atoms with Gasteiger partial charge in [-0.1, -0.05) is 66.7 Å². The van der Waals surface area contributed by atoms with Gasteiger partial charge in [0, 0.05) is 35.1 Å². The van der Waals surface area contributed by atoms with E-state index in [-0.39, 0.29) is 5.91 Å². The number of pyridine rings is 1. The summed E-state index contributed by atoms with van der Waals surface area (Å²) in [4.78, 5) is 17.4. The lowest BCUT2D eigenvalue weighted by Gasteiger charge is -2.21. The summed E-state index contributed by atoms with van der Waals surface area (Å²) in [7, 11) is 1.63. The van der Waals surface area contributed by atoms with Crippen molar-refractivity contribution in [1.29, 1.82) is 0 Å². The van der Waals surface area contributed by atoms with Gasteiger partial charge in [0.25, 0.3) is 0 Å².